The van der Waals surface area contributed by atoms with E-state index in [-0.39, 0.29) is 41.5 Å². The Labute approximate surface area is 177 Å². The van der Waals surface area contributed by atoms with Crippen LogP contribution < -0.4 is 10.6 Å². The summed E-state index contributed by atoms with van der Waals surface area (Å²) in [4.78, 5) is 39.3. The Kier molecular flexibility index (Phi) is 7.82. The van der Waals surface area contributed by atoms with E-state index in [2.05, 4.69) is 10.6 Å². The van der Waals surface area contributed by atoms with Crippen molar-refractivity contribution in [2.45, 2.75) is 70.4 Å². The van der Waals surface area contributed by atoms with Gasteiger partial charge in [-0.15, -0.1) is 0 Å². The van der Waals surface area contributed by atoms with Gasteiger partial charge in [0.2, 0.25) is 11.8 Å². The molecule has 0 spiro atoms. The third-order valence-corrected chi connectivity index (χ3v) is 6.20. The number of hydrogen-bond donors (Lipinski definition) is 2. The normalized spacial score (nSPS) is 22.4. The summed E-state index contributed by atoms with van der Waals surface area (Å²) in [7, 11) is 0. The van der Waals surface area contributed by atoms with E-state index in [1.807, 2.05) is 11.8 Å². The maximum atomic E-state index is 13.1. The molecule has 1 heterocycles. The Morgan fingerprint density at radius 2 is 1.57 bits per heavy atom. The van der Waals surface area contributed by atoms with Crippen LogP contribution in [0.15, 0.2) is 24.3 Å². The first kappa shape index (κ1) is 22.2. The van der Waals surface area contributed by atoms with Gasteiger partial charge >= 0.3 is 0 Å². The van der Waals surface area contributed by atoms with E-state index in [1.165, 1.54) is 24.3 Å². The van der Waals surface area contributed by atoms with Crippen LogP contribution in [0.3, 0.4) is 0 Å². The van der Waals surface area contributed by atoms with E-state index < -0.39 is 0 Å². The average molecular weight is 418 g/mol. The number of amides is 3. The molecule has 1 saturated heterocycles. The molecular weight excluding hydrogens is 385 g/mol. The van der Waals surface area contributed by atoms with Crippen LogP contribution in [0.5, 0.6) is 0 Å². The van der Waals surface area contributed by atoms with Gasteiger partial charge in [-0.05, 0) is 56.4 Å². The molecule has 7 heteroatoms. The summed E-state index contributed by atoms with van der Waals surface area (Å²) in [6.45, 7) is 3.26. The lowest BCUT2D eigenvalue weighted by Crippen LogP contribution is -2.55. The van der Waals surface area contributed by atoms with Crippen molar-refractivity contribution in [2.24, 2.45) is 5.92 Å². The maximum absolute atomic E-state index is 13.1. The fourth-order valence-corrected chi connectivity index (χ4v) is 4.39. The molecule has 3 amide bonds. The van der Waals surface area contributed by atoms with Crippen molar-refractivity contribution in [1.29, 1.82) is 0 Å². The molecule has 0 unspecified atom stereocenters. The predicted molar refractivity (Wildman–Crippen MR) is 112 cm³/mol. The highest BCUT2D eigenvalue weighted by atomic mass is 19.1. The molecule has 6 nitrogen and oxygen atoms in total. The molecule has 1 aromatic rings. The first-order valence-electron chi connectivity index (χ1n) is 11.1. The second kappa shape index (κ2) is 10.5. The number of likely N-dealkylation sites (tertiary alicyclic amines) is 1. The Hall–Kier alpha value is -2.44. The van der Waals surface area contributed by atoms with Crippen LogP contribution in [0.2, 0.25) is 0 Å². The predicted octanol–water partition coefficient (Wildman–Crippen LogP) is 3.02. The molecular formula is C23H32FN3O3. The van der Waals surface area contributed by atoms with Crippen molar-refractivity contribution < 1.29 is 18.8 Å². The van der Waals surface area contributed by atoms with Gasteiger partial charge in [0.25, 0.3) is 5.91 Å². The molecule has 2 N–H and O–H groups in total. The maximum Gasteiger partial charge on any atom is 0.251 e. The van der Waals surface area contributed by atoms with Gasteiger partial charge in [0, 0.05) is 43.1 Å². The molecule has 0 bridgehead atoms. The minimum Gasteiger partial charge on any atom is -0.351 e. The van der Waals surface area contributed by atoms with Crippen LogP contribution in [-0.2, 0) is 9.59 Å². The molecule has 0 aromatic heterocycles. The zero-order valence-electron chi connectivity index (χ0n) is 17.7. The molecule has 1 aliphatic carbocycles. The van der Waals surface area contributed by atoms with Crippen molar-refractivity contribution in [3.8, 4) is 0 Å². The lowest BCUT2D eigenvalue weighted by atomic mass is 9.88. The number of benzene rings is 1. The summed E-state index contributed by atoms with van der Waals surface area (Å²) in [5.41, 5.74) is 0.413. The second-order valence-electron chi connectivity index (χ2n) is 8.39. The van der Waals surface area contributed by atoms with Crippen LogP contribution in [-0.4, -0.2) is 47.8 Å². The van der Waals surface area contributed by atoms with Crippen LogP contribution in [0.1, 0.15) is 68.6 Å². The van der Waals surface area contributed by atoms with Crippen molar-refractivity contribution in [3.63, 3.8) is 0 Å². The van der Waals surface area contributed by atoms with Crippen molar-refractivity contribution in [1.82, 2.24) is 15.5 Å². The van der Waals surface area contributed by atoms with Crippen LogP contribution in [0, 0.1) is 11.7 Å². The van der Waals surface area contributed by atoms with Gasteiger partial charge in [0.1, 0.15) is 5.82 Å². The summed E-state index contributed by atoms with van der Waals surface area (Å²) in [6, 6.07) is 5.24. The van der Waals surface area contributed by atoms with Gasteiger partial charge in [0.15, 0.2) is 0 Å². The Bertz CT molecular complexity index is 745. The van der Waals surface area contributed by atoms with Crippen LogP contribution >= 0.6 is 0 Å². The molecule has 1 saturated carbocycles. The first-order valence-corrected chi connectivity index (χ1v) is 11.1. The number of hydrogen-bond acceptors (Lipinski definition) is 3. The van der Waals surface area contributed by atoms with Crippen molar-refractivity contribution in [3.05, 3.63) is 35.6 Å². The zero-order valence-corrected chi connectivity index (χ0v) is 17.7. The number of rotatable bonds is 6. The smallest absolute Gasteiger partial charge is 0.251 e. The minimum atomic E-state index is -0.378. The fourth-order valence-electron chi connectivity index (χ4n) is 4.39. The molecule has 2 atom stereocenters. The zero-order chi connectivity index (χ0) is 21.5. The summed E-state index contributed by atoms with van der Waals surface area (Å²) < 4.78 is 13.1. The van der Waals surface area contributed by atoms with Crippen molar-refractivity contribution in [2.75, 3.05) is 13.1 Å². The number of carbonyl (C=O) groups is 3. The van der Waals surface area contributed by atoms with Gasteiger partial charge in [-0.1, -0.05) is 19.8 Å². The van der Waals surface area contributed by atoms with Gasteiger partial charge in [-0.3, -0.25) is 14.4 Å². The van der Waals surface area contributed by atoms with Gasteiger partial charge in [-0.25, -0.2) is 4.39 Å². The van der Waals surface area contributed by atoms with Crippen LogP contribution in [0.4, 0.5) is 4.39 Å². The topological polar surface area (TPSA) is 78.5 Å². The third kappa shape index (κ3) is 5.80. The monoisotopic (exact) mass is 417 g/mol. The first-order chi connectivity index (χ1) is 14.5. The number of piperidine rings is 1. The lowest BCUT2D eigenvalue weighted by molar-refractivity contribution is -0.136. The highest BCUT2D eigenvalue weighted by molar-refractivity contribution is 5.94. The minimum absolute atomic E-state index is 0.0190. The SMILES string of the molecule is CCCC(=O)N1CCC(C(=O)N[C@@H]2CCCC[C@H]2NC(=O)c2ccc(F)cc2)CC1. The lowest BCUT2D eigenvalue weighted by Gasteiger charge is -2.36. The molecule has 0 radical (unpaired) electrons. The second-order valence-corrected chi connectivity index (χ2v) is 8.39. The quantitative estimate of drug-likeness (QED) is 0.747. The summed E-state index contributed by atoms with van der Waals surface area (Å²) in [5, 5.41) is 6.18. The van der Waals surface area contributed by atoms with Gasteiger partial charge < -0.3 is 15.5 Å². The highest BCUT2D eigenvalue weighted by Gasteiger charge is 2.32. The number of halogens is 1. The van der Waals surface area contributed by atoms with Crippen LogP contribution in [0.25, 0.3) is 0 Å². The third-order valence-electron chi connectivity index (χ3n) is 6.20. The molecule has 1 aromatic carbocycles. The largest absolute Gasteiger partial charge is 0.351 e. The number of carbonyl (C=O) groups excluding carboxylic acids is 3. The molecule has 2 fully saturated rings. The van der Waals surface area contributed by atoms with E-state index in [0.29, 0.717) is 37.9 Å². The molecule has 1 aliphatic heterocycles. The fraction of sp³-hybridized carbons (Fsp3) is 0.609. The Balaban J connectivity index is 1.52. The number of nitrogens with one attached hydrogen (secondary N) is 2. The van der Waals surface area contributed by atoms with Gasteiger partial charge in [-0.2, -0.15) is 0 Å². The molecule has 2 aliphatic rings. The van der Waals surface area contributed by atoms with E-state index >= 15 is 0 Å². The molecule has 3 rings (SSSR count). The molecule has 30 heavy (non-hydrogen) atoms. The number of nitrogens with zero attached hydrogens (tertiary/aromatic N) is 1. The standard InChI is InChI=1S/C23H32FN3O3/c1-2-5-21(28)27-14-12-17(13-15-27)23(30)26-20-7-4-3-6-19(20)25-22(29)16-8-10-18(24)11-9-16/h8-11,17,19-20H,2-7,12-15H2,1H3,(H,25,29)(H,26,30)/t19-,20-/m1/s1. The Morgan fingerprint density at radius 1 is 0.967 bits per heavy atom. The summed E-state index contributed by atoms with van der Waals surface area (Å²) >= 11 is 0. The van der Waals surface area contributed by atoms with Gasteiger partial charge in [0.05, 0.1) is 0 Å². The van der Waals surface area contributed by atoms with E-state index in [1.54, 1.807) is 0 Å². The average Bonchev–Trinajstić information content (AvgIpc) is 2.75. The summed E-state index contributed by atoms with van der Waals surface area (Å²) in [5.74, 6) is -0.524. The van der Waals surface area contributed by atoms with E-state index in [9.17, 15) is 18.8 Å². The summed E-state index contributed by atoms with van der Waals surface area (Å²) in [6.07, 6.45) is 6.41. The molecule has 164 valence electrons. The van der Waals surface area contributed by atoms with E-state index in [4.69, 9.17) is 0 Å². The Morgan fingerprint density at radius 3 is 2.17 bits per heavy atom. The van der Waals surface area contributed by atoms with E-state index in [0.717, 1.165) is 32.1 Å². The van der Waals surface area contributed by atoms with Crippen molar-refractivity contribution >= 4 is 17.7 Å². The highest BCUT2D eigenvalue weighted by Crippen LogP contribution is 2.22.